The van der Waals surface area contributed by atoms with Crippen molar-refractivity contribution in [3.63, 3.8) is 0 Å². The zero-order valence-corrected chi connectivity index (χ0v) is 14.7. The molecule has 6 heteroatoms. The Hall–Kier alpha value is -2.05. The van der Waals surface area contributed by atoms with Gasteiger partial charge in [-0.25, -0.2) is 4.79 Å². The van der Waals surface area contributed by atoms with Crippen molar-refractivity contribution in [3.8, 4) is 0 Å². The van der Waals surface area contributed by atoms with Crippen LogP contribution in [0.1, 0.15) is 6.92 Å². The van der Waals surface area contributed by atoms with Crippen LogP contribution in [-0.2, 0) is 7.05 Å². The summed E-state index contributed by atoms with van der Waals surface area (Å²) in [5.74, 6) is 0. The Bertz CT molecular complexity index is 702. The summed E-state index contributed by atoms with van der Waals surface area (Å²) in [5.41, 5.74) is 1.96. The molecule has 2 heterocycles. The van der Waals surface area contributed by atoms with Crippen LogP contribution in [0, 0.1) is 0 Å². The number of likely N-dealkylation sites (N-methyl/N-ethyl adjacent to an activating group) is 1. The Balaban J connectivity index is 1.53. The fourth-order valence-electron chi connectivity index (χ4n) is 3.21. The number of fused-ring (bicyclic) bond motifs is 1. The standard InChI is InChI=1S/C18H27N5O/c1-14(23-11-9-21(2)10-12-23)13-19-18(24)20-16-5-4-6-17-15(16)7-8-22(17)3/h4-8,14H,9-13H2,1-3H3,(H2,19,20,24). The van der Waals surface area contributed by atoms with Crippen molar-refractivity contribution in [2.45, 2.75) is 13.0 Å². The van der Waals surface area contributed by atoms with Gasteiger partial charge in [0, 0.05) is 62.9 Å². The number of rotatable bonds is 4. The first-order valence-electron chi connectivity index (χ1n) is 8.56. The Morgan fingerprint density at radius 1 is 1.17 bits per heavy atom. The highest BCUT2D eigenvalue weighted by atomic mass is 16.2. The van der Waals surface area contributed by atoms with Gasteiger partial charge in [-0.1, -0.05) is 6.07 Å². The molecule has 3 rings (SSSR count). The normalized spacial score (nSPS) is 17.8. The molecule has 130 valence electrons. The molecule has 6 nitrogen and oxygen atoms in total. The number of carbonyl (C=O) groups excluding carboxylic acids is 1. The predicted octanol–water partition coefficient (Wildman–Crippen LogP) is 1.94. The van der Waals surface area contributed by atoms with Gasteiger partial charge in [-0.2, -0.15) is 0 Å². The third kappa shape index (κ3) is 3.71. The summed E-state index contributed by atoms with van der Waals surface area (Å²) in [5, 5.41) is 7.03. The number of amides is 2. The van der Waals surface area contributed by atoms with E-state index in [1.807, 2.05) is 42.1 Å². The smallest absolute Gasteiger partial charge is 0.319 e. The van der Waals surface area contributed by atoms with Crippen molar-refractivity contribution >= 4 is 22.6 Å². The highest BCUT2D eigenvalue weighted by Gasteiger charge is 2.19. The third-order valence-corrected chi connectivity index (χ3v) is 4.90. The molecule has 1 aromatic carbocycles. The molecule has 24 heavy (non-hydrogen) atoms. The summed E-state index contributed by atoms with van der Waals surface area (Å²) in [7, 11) is 4.15. The van der Waals surface area contributed by atoms with Crippen molar-refractivity contribution in [1.82, 2.24) is 19.7 Å². The van der Waals surface area contributed by atoms with Crippen LogP contribution in [-0.4, -0.2) is 66.2 Å². The van der Waals surface area contributed by atoms with E-state index in [-0.39, 0.29) is 6.03 Å². The second-order valence-electron chi connectivity index (χ2n) is 6.69. The summed E-state index contributed by atoms with van der Waals surface area (Å²) in [6.07, 6.45) is 2.00. The van der Waals surface area contributed by atoms with E-state index < -0.39 is 0 Å². The molecule has 0 aliphatic carbocycles. The third-order valence-electron chi connectivity index (χ3n) is 4.90. The molecule has 2 N–H and O–H groups in total. The number of nitrogens with one attached hydrogen (secondary N) is 2. The predicted molar refractivity (Wildman–Crippen MR) is 98.5 cm³/mol. The van der Waals surface area contributed by atoms with Crippen molar-refractivity contribution in [3.05, 3.63) is 30.5 Å². The van der Waals surface area contributed by atoms with Crippen LogP contribution in [0.25, 0.3) is 10.9 Å². The summed E-state index contributed by atoms with van der Waals surface area (Å²) >= 11 is 0. The first kappa shape index (κ1) is 16.8. The first-order chi connectivity index (χ1) is 11.5. The quantitative estimate of drug-likeness (QED) is 0.901. The van der Waals surface area contributed by atoms with E-state index in [4.69, 9.17) is 0 Å². The molecule has 0 spiro atoms. The minimum atomic E-state index is -0.146. The van der Waals surface area contributed by atoms with Gasteiger partial charge in [-0.05, 0) is 32.2 Å². The lowest BCUT2D eigenvalue weighted by molar-refractivity contribution is 0.119. The fraction of sp³-hybridized carbons (Fsp3) is 0.500. The minimum absolute atomic E-state index is 0.146. The average molecular weight is 329 g/mol. The van der Waals surface area contributed by atoms with Crippen LogP contribution in [0.5, 0.6) is 0 Å². The largest absolute Gasteiger partial charge is 0.350 e. The molecule has 0 saturated carbocycles. The van der Waals surface area contributed by atoms with Crippen LogP contribution in [0.4, 0.5) is 10.5 Å². The van der Waals surface area contributed by atoms with E-state index in [2.05, 4.69) is 34.4 Å². The van der Waals surface area contributed by atoms with Crippen LogP contribution < -0.4 is 10.6 Å². The summed E-state index contributed by atoms with van der Waals surface area (Å²) < 4.78 is 2.05. The summed E-state index contributed by atoms with van der Waals surface area (Å²) in [6.45, 7) is 7.12. The van der Waals surface area contributed by atoms with E-state index in [9.17, 15) is 4.79 Å². The highest BCUT2D eigenvalue weighted by molar-refractivity contribution is 6.00. The van der Waals surface area contributed by atoms with Gasteiger partial charge in [0.15, 0.2) is 0 Å². The number of aryl methyl sites for hydroxylation is 1. The fourth-order valence-corrected chi connectivity index (χ4v) is 3.21. The molecule has 1 atom stereocenters. The van der Waals surface area contributed by atoms with Crippen molar-refractivity contribution in [2.24, 2.45) is 7.05 Å². The van der Waals surface area contributed by atoms with Crippen LogP contribution in [0.15, 0.2) is 30.5 Å². The maximum Gasteiger partial charge on any atom is 0.319 e. The minimum Gasteiger partial charge on any atom is -0.350 e. The molecule has 1 unspecified atom stereocenters. The number of benzene rings is 1. The van der Waals surface area contributed by atoms with E-state index in [1.165, 1.54) is 0 Å². The lowest BCUT2D eigenvalue weighted by Crippen LogP contribution is -2.51. The molecule has 1 aliphatic heterocycles. The number of nitrogens with zero attached hydrogens (tertiary/aromatic N) is 3. The molecule has 2 aromatic rings. The molecule has 0 bridgehead atoms. The van der Waals surface area contributed by atoms with E-state index in [0.717, 1.165) is 42.8 Å². The zero-order chi connectivity index (χ0) is 17.1. The number of piperazine rings is 1. The Morgan fingerprint density at radius 2 is 1.92 bits per heavy atom. The Morgan fingerprint density at radius 3 is 2.67 bits per heavy atom. The van der Waals surface area contributed by atoms with Crippen molar-refractivity contribution in [2.75, 3.05) is 45.1 Å². The van der Waals surface area contributed by atoms with Gasteiger partial charge >= 0.3 is 6.03 Å². The van der Waals surface area contributed by atoms with Gasteiger partial charge in [0.25, 0.3) is 0 Å². The van der Waals surface area contributed by atoms with Crippen LogP contribution >= 0.6 is 0 Å². The number of hydrogen-bond acceptors (Lipinski definition) is 3. The second kappa shape index (κ2) is 7.23. The molecule has 1 aliphatic rings. The van der Waals surface area contributed by atoms with Crippen LogP contribution in [0.3, 0.4) is 0 Å². The van der Waals surface area contributed by atoms with Gasteiger partial charge in [0.1, 0.15) is 0 Å². The average Bonchev–Trinajstić information content (AvgIpc) is 2.96. The topological polar surface area (TPSA) is 52.5 Å². The second-order valence-corrected chi connectivity index (χ2v) is 6.69. The summed E-state index contributed by atoms with van der Waals surface area (Å²) in [6, 6.07) is 8.17. The monoisotopic (exact) mass is 329 g/mol. The highest BCUT2D eigenvalue weighted by Crippen LogP contribution is 2.23. The molecule has 2 amide bonds. The van der Waals surface area contributed by atoms with Gasteiger partial charge in [0.2, 0.25) is 0 Å². The number of anilines is 1. The zero-order valence-electron chi connectivity index (χ0n) is 14.7. The van der Waals surface area contributed by atoms with Gasteiger partial charge in [-0.3, -0.25) is 4.90 Å². The van der Waals surface area contributed by atoms with E-state index in [0.29, 0.717) is 12.6 Å². The molecule has 1 fully saturated rings. The number of carbonyl (C=O) groups is 1. The Labute approximate surface area is 143 Å². The Kier molecular flexibility index (Phi) is 5.06. The maximum atomic E-state index is 12.2. The molecular weight excluding hydrogens is 302 g/mol. The first-order valence-corrected chi connectivity index (χ1v) is 8.56. The van der Waals surface area contributed by atoms with Crippen molar-refractivity contribution in [1.29, 1.82) is 0 Å². The lowest BCUT2D eigenvalue weighted by atomic mass is 10.2. The van der Waals surface area contributed by atoms with E-state index in [1.54, 1.807) is 0 Å². The van der Waals surface area contributed by atoms with Crippen molar-refractivity contribution < 1.29 is 4.79 Å². The van der Waals surface area contributed by atoms with Crippen LogP contribution in [0.2, 0.25) is 0 Å². The molecule has 1 aromatic heterocycles. The number of hydrogen-bond donors (Lipinski definition) is 2. The molecular formula is C18H27N5O. The number of urea groups is 1. The SMILES string of the molecule is CC(CNC(=O)Nc1cccc2c1ccn2C)N1CCN(C)CC1. The van der Waals surface area contributed by atoms with Gasteiger partial charge in [-0.15, -0.1) is 0 Å². The van der Waals surface area contributed by atoms with Gasteiger partial charge in [0.05, 0.1) is 5.69 Å². The maximum absolute atomic E-state index is 12.2. The molecule has 1 saturated heterocycles. The lowest BCUT2D eigenvalue weighted by Gasteiger charge is -2.36. The number of aromatic nitrogens is 1. The van der Waals surface area contributed by atoms with Gasteiger partial charge < -0.3 is 20.1 Å². The summed E-state index contributed by atoms with van der Waals surface area (Å²) in [4.78, 5) is 17.0. The molecule has 0 radical (unpaired) electrons. The van der Waals surface area contributed by atoms with E-state index >= 15 is 0 Å².